The summed E-state index contributed by atoms with van der Waals surface area (Å²) < 4.78 is 5.28. The van der Waals surface area contributed by atoms with Crippen molar-refractivity contribution in [3.8, 4) is 0 Å². The summed E-state index contributed by atoms with van der Waals surface area (Å²) >= 11 is 1.30. The van der Waals surface area contributed by atoms with E-state index in [2.05, 4.69) is 10.3 Å². The second-order valence-corrected chi connectivity index (χ2v) is 4.69. The molecular formula is C9H12N2O3S. The van der Waals surface area contributed by atoms with Gasteiger partial charge in [0.05, 0.1) is 12.1 Å². The molecule has 82 valence electrons. The number of hydrogen-bond acceptors (Lipinski definition) is 5. The van der Waals surface area contributed by atoms with Crippen molar-refractivity contribution >= 4 is 22.4 Å². The summed E-state index contributed by atoms with van der Waals surface area (Å²) in [6.07, 6.45) is 0.912. The summed E-state index contributed by atoms with van der Waals surface area (Å²) in [7, 11) is 0. The van der Waals surface area contributed by atoms with E-state index in [1.54, 1.807) is 0 Å². The molecule has 2 rings (SSSR count). The van der Waals surface area contributed by atoms with Gasteiger partial charge in [0.1, 0.15) is 0 Å². The second-order valence-electron chi connectivity index (χ2n) is 3.83. The molecule has 6 heteroatoms. The third-order valence-corrected chi connectivity index (χ3v) is 3.11. The highest BCUT2D eigenvalue weighted by Crippen LogP contribution is 2.25. The summed E-state index contributed by atoms with van der Waals surface area (Å²) in [5.74, 6) is -0.993. The predicted molar refractivity (Wildman–Crippen MR) is 56.5 cm³/mol. The summed E-state index contributed by atoms with van der Waals surface area (Å²) in [5, 5.41) is 14.1. The Morgan fingerprint density at radius 2 is 2.60 bits per heavy atom. The zero-order valence-electron chi connectivity index (χ0n) is 8.32. The van der Waals surface area contributed by atoms with Gasteiger partial charge >= 0.3 is 5.97 Å². The lowest BCUT2D eigenvalue weighted by atomic mass is 10.0. The lowest BCUT2D eigenvalue weighted by Crippen LogP contribution is -2.34. The van der Waals surface area contributed by atoms with Crippen molar-refractivity contribution in [2.75, 3.05) is 18.5 Å². The fourth-order valence-corrected chi connectivity index (χ4v) is 2.29. The van der Waals surface area contributed by atoms with Crippen LogP contribution in [0.25, 0.3) is 0 Å². The van der Waals surface area contributed by atoms with E-state index in [1.807, 2.05) is 6.92 Å². The van der Waals surface area contributed by atoms with Crippen LogP contribution in [-0.4, -0.2) is 34.8 Å². The molecule has 1 unspecified atom stereocenters. The van der Waals surface area contributed by atoms with E-state index >= 15 is 0 Å². The van der Waals surface area contributed by atoms with E-state index < -0.39 is 5.97 Å². The first-order chi connectivity index (χ1) is 7.09. The highest BCUT2D eigenvalue weighted by molar-refractivity contribution is 7.13. The van der Waals surface area contributed by atoms with Crippen LogP contribution in [0, 0.1) is 0 Å². The van der Waals surface area contributed by atoms with Gasteiger partial charge in [-0.25, -0.2) is 9.78 Å². The van der Waals surface area contributed by atoms with Crippen molar-refractivity contribution in [2.45, 2.75) is 18.9 Å². The molecule has 1 saturated heterocycles. The van der Waals surface area contributed by atoms with E-state index in [-0.39, 0.29) is 11.2 Å². The Bertz CT molecular complexity index is 371. The standard InChI is InChI=1S/C9H12N2O3S/c1-9(2-3-14-5-9)11-8-10-6(4-15-8)7(12)13/h4H,2-3,5H2,1H3,(H,10,11)(H,12,13). The van der Waals surface area contributed by atoms with E-state index in [0.717, 1.165) is 13.0 Å². The molecule has 1 aromatic heterocycles. The molecule has 1 aliphatic heterocycles. The number of carbonyl (C=O) groups is 1. The van der Waals surface area contributed by atoms with Gasteiger partial charge in [-0.05, 0) is 13.3 Å². The quantitative estimate of drug-likeness (QED) is 0.819. The van der Waals surface area contributed by atoms with E-state index in [4.69, 9.17) is 9.84 Å². The number of ether oxygens (including phenoxy) is 1. The van der Waals surface area contributed by atoms with Gasteiger partial charge in [0.15, 0.2) is 10.8 Å². The number of hydrogen-bond donors (Lipinski definition) is 2. The Kier molecular flexibility index (Phi) is 2.62. The number of anilines is 1. The number of rotatable bonds is 3. The minimum absolute atomic E-state index is 0.0880. The second kappa shape index (κ2) is 3.79. The number of carboxylic acids is 1. The Morgan fingerprint density at radius 3 is 3.13 bits per heavy atom. The van der Waals surface area contributed by atoms with Crippen LogP contribution in [0.4, 0.5) is 5.13 Å². The van der Waals surface area contributed by atoms with Gasteiger partial charge in [-0.15, -0.1) is 11.3 Å². The van der Waals surface area contributed by atoms with Crippen LogP contribution in [0.3, 0.4) is 0 Å². The number of thiazole rings is 1. The zero-order chi connectivity index (χ0) is 10.9. The zero-order valence-corrected chi connectivity index (χ0v) is 9.13. The van der Waals surface area contributed by atoms with Crippen LogP contribution in [0.2, 0.25) is 0 Å². The summed E-state index contributed by atoms with van der Waals surface area (Å²) in [6, 6.07) is 0. The monoisotopic (exact) mass is 228 g/mol. The molecule has 1 atom stereocenters. The number of aromatic carboxylic acids is 1. The molecule has 0 radical (unpaired) electrons. The molecule has 5 nitrogen and oxygen atoms in total. The molecule has 2 N–H and O–H groups in total. The summed E-state index contributed by atoms with van der Waals surface area (Å²) in [5.41, 5.74) is -0.0295. The average molecular weight is 228 g/mol. The molecule has 1 fully saturated rings. The van der Waals surface area contributed by atoms with Gasteiger partial charge in [0.25, 0.3) is 0 Å². The van der Waals surface area contributed by atoms with Gasteiger partial charge in [-0.3, -0.25) is 0 Å². The SMILES string of the molecule is CC1(Nc2nc(C(=O)O)cs2)CCOC1. The summed E-state index contributed by atoms with van der Waals surface area (Å²) in [4.78, 5) is 14.6. The smallest absolute Gasteiger partial charge is 0.355 e. The van der Waals surface area contributed by atoms with Crippen molar-refractivity contribution in [2.24, 2.45) is 0 Å². The fraction of sp³-hybridized carbons (Fsp3) is 0.556. The van der Waals surface area contributed by atoms with Gasteiger partial charge < -0.3 is 15.2 Å². The molecule has 1 aromatic rings. The van der Waals surface area contributed by atoms with Gasteiger partial charge in [0, 0.05) is 12.0 Å². The van der Waals surface area contributed by atoms with Crippen LogP contribution in [0.5, 0.6) is 0 Å². The lowest BCUT2D eigenvalue weighted by molar-refractivity contribution is 0.0691. The predicted octanol–water partition coefficient (Wildman–Crippen LogP) is 1.43. The normalized spacial score (nSPS) is 25.4. The maximum Gasteiger partial charge on any atom is 0.355 e. The van der Waals surface area contributed by atoms with Crippen LogP contribution in [-0.2, 0) is 4.74 Å². The highest BCUT2D eigenvalue weighted by atomic mass is 32.1. The van der Waals surface area contributed by atoms with Crippen molar-refractivity contribution in [3.05, 3.63) is 11.1 Å². The maximum atomic E-state index is 10.6. The van der Waals surface area contributed by atoms with Crippen LogP contribution >= 0.6 is 11.3 Å². The third-order valence-electron chi connectivity index (χ3n) is 2.35. The fourth-order valence-electron chi connectivity index (χ4n) is 1.45. The van der Waals surface area contributed by atoms with Crippen molar-refractivity contribution < 1.29 is 14.6 Å². The highest BCUT2D eigenvalue weighted by Gasteiger charge is 2.30. The lowest BCUT2D eigenvalue weighted by Gasteiger charge is -2.22. The minimum Gasteiger partial charge on any atom is -0.476 e. The number of aromatic nitrogens is 1. The van der Waals surface area contributed by atoms with E-state index in [9.17, 15) is 4.79 Å². The first kappa shape index (κ1) is 10.4. The van der Waals surface area contributed by atoms with Gasteiger partial charge in [0.2, 0.25) is 0 Å². The Labute approximate surface area is 91.1 Å². The van der Waals surface area contributed by atoms with Crippen LogP contribution in [0.15, 0.2) is 5.38 Å². The molecule has 0 bridgehead atoms. The number of carboxylic acid groups (broad SMARTS) is 1. The topological polar surface area (TPSA) is 71.5 Å². The Morgan fingerprint density at radius 1 is 1.80 bits per heavy atom. The van der Waals surface area contributed by atoms with Crippen LogP contribution < -0.4 is 5.32 Å². The van der Waals surface area contributed by atoms with E-state index in [0.29, 0.717) is 11.7 Å². The molecule has 15 heavy (non-hydrogen) atoms. The summed E-state index contributed by atoms with van der Waals surface area (Å²) in [6.45, 7) is 3.41. The molecule has 0 amide bonds. The minimum atomic E-state index is -0.993. The van der Waals surface area contributed by atoms with Gasteiger partial charge in [-0.2, -0.15) is 0 Å². The van der Waals surface area contributed by atoms with Crippen molar-refractivity contribution in [1.29, 1.82) is 0 Å². The van der Waals surface area contributed by atoms with Crippen molar-refractivity contribution in [3.63, 3.8) is 0 Å². The molecule has 2 heterocycles. The Hall–Kier alpha value is -1.14. The first-order valence-electron chi connectivity index (χ1n) is 4.64. The van der Waals surface area contributed by atoms with E-state index in [1.165, 1.54) is 16.7 Å². The third kappa shape index (κ3) is 2.27. The molecule has 0 spiro atoms. The van der Waals surface area contributed by atoms with Crippen LogP contribution in [0.1, 0.15) is 23.8 Å². The molecule has 0 saturated carbocycles. The largest absolute Gasteiger partial charge is 0.476 e. The number of nitrogens with one attached hydrogen (secondary N) is 1. The number of nitrogens with zero attached hydrogens (tertiary/aromatic N) is 1. The molecular weight excluding hydrogens is 216 g/mol. The first-order valence-corrected chi connectivity index (χ1v) is 5.52. The average Bonchev–Trinajstić information content (AvgIpc) is 2.75. The van der Waals surface area contributed by atoms with Gasteiger partial charge in [-0.1, -0.05) is 0 Å². The Balaban J connectivity index is 2.07. The maximum absolute atomic E-state index is 10.6. The molecule has 0 aliphatic carbocycles. The van der Waals surface area contributed by atoms with Crippen molar-refractivity contribution in [1.82, 2.24) is 4.98 Å². The molecule has 0 aromatic carbocycles. The molecule has 1 aliphatic rings.